The topological polar surface area (TPSA) is 66.5 Å². The minimum absolute atomic E-state index is 0.675. The molecule has 0 aromatic carbocycles. The minimum atomic E-state index is 0.675. The fraction of sp³-hybridized carbons (Fsp3) is 0.0833. The number of nitrogens with one attached hydrogen (secondary N) is 2. The number of hydrogen-bond donors (Lipinski definition) is 2. The van der Waals surface area contributed by atoms with Gasteiger partial charge in [-0.15, -0.1) is 0 Å². The molecule has 0 spiro atoms. The van der Waals surface area contributed by atoms with Gasteiger partial charge in [-0.05, 0) is 40.2 Å². The molecule has 0 fully saturated rings. The van der Waals surface area contributed by atoms with Gasteiger partial charge in [-0.3, -0.25) is 4.98 Å². The number of fused-ring (bicyclic) bond motifs is 1. The van der Waals surface area contributed by atoms with E-state index in [0.717, 1.165) is 21.5 Å². The van der Waals surface area contributed by atoms with Gasteiger partial charge in [0.15, 0.2) is 11.5 Å². The third-order valence-electron chi connectivity index (χ3n) is 2.58. The van der Waals surface area contributed by atoms with Crippen molar-refractivity contribution in [2.24, 2.45) is 0 Å². The van der Waals surface area contributed by atoms with Crippen molar-refractivity contribution in [1.29, 1.82) is 0 Å². The second-order valence-electron chi connectivity index (χ2n) is 3.74. The lowest BCUT2D eigenvalue weighted by atomic mass is 10.3. The van der Waals surface area contributed by atoms with Crippen molar-refractivity contribution in [2.75, 3.05) is 12.4 Å². The number of aromatic nitrogens is 4. The van der Waals surface area contributed by atoms with Crippen molar-refractivity contribution in [3.63, 3.8) is 0 Å². The molecule has 0 atom stereocenters. The smallest absolute Gasteiger partial charge is 0.180 e. The quantitative estimate of drug-likeness (QED) is 0.764. The van der Waals surface area contributed by atoms with E-state index >= 15 is 0 Å². The Labute approximate surface area is 112 Å². The normalized spacial score (nSPS) is 10.8. The Balaban J connectivity index is 2.17. The summed E-state index contributed by atoms with van der Waals surface area (Å²) in [5.41, 5.74) is 2.34. The molecule has 0 saturated carbocycles. The summed E-state index contributed by atoms with van der Waals surface area (Å²) in [5, 5.41) is 2.99. The zero-order chi connectivity index (χ0) is 12.5. The summed E-state index contributed by atoms with van der Waals surface area (Å²) >= 11 is 3.46. The molecular formula is C12H10BrN5. The van der Waals surface area contributed by atoms with Gasteiger partial charge in [0.05, 0.1) is 5.52 Å². The summed E-state index contributed by atoms with van der Waals surface area (Å²) in [5.74, 6) is 1.50. The molecule has 0 amide bonds. The Morgan fingerprint density at radius 1 is 1.22 bits per heavy atom. The number of anilines is 1. The zero-order valence-corrected chi connectivity index (χ0v) is 11.2. The van der Waals surface area contributed by atoms with Crippen LogP contribution >= 0.6 is 15.9 Å². The molecule has 5 nitrogen and oxygen atoms in total. The number of aromatic amines is 1. The molecular weight excluding hydrogens is 294 g/mol. The molecule has 3 rings (SSSR count). The fourth-order valence-corrected chi connectivity index (χ4v) is 2.15. The Morgan fingerprint density at radius 2 is 2.11 bits per heavy atom. The average Bonchev–Trinajstić information content (AvgIpc) is 2.81. The van der Waals surface area contributed by atoms with Crippen LogP contribution in [0, 0.1) is 0 Å². The van der Waals surface area contributed by atoms with Crippen molar-refractivity contribution in [3.8, 4) is 11.5 Å². The third kappa shape index (κ3) is 1.84. The summed E-state index contributed by atoms with van der Waals surface area (Å²) in [6, 6.07) is 7.65. The molecule has 0 aliphatic carbocycles. The van der Waals surface area contributed by atoms with Crippen LogP contribution in [0.15, 0.2) is 34.9 Å². The van der Waals surface area contributed by atoms with E-state index in [9.17, 15) is 0 Å². The van der Waals surface area contributed by atoms with Crippen molar-refractivity contribution in [3.05, 3.63) is 34.9 Å². The van der Waals surface area contributed by atoms with Crippen molar-refractivity contribution >= 4 is 32.9 Å². The molecule has 3 heterocycles. The maximum Gasteiger partial charge on any atom is 0.180 e. The number of imidazole rings is 1. The van der Waals surface area contributed by atoms with Crippen LogP contribution in [0.4, 0.5) is 5.82 Å². The van der Waals surface area contributed by atoms with E-state index in [1.165, 1.54) is 0 Å². The van der Waals surface area contributed by atoms with Gasteiger partial charge in [-0.25, -0.2) is 9.97 Å². The average molecular weight is 304 g/mol. The number of halogens is 1. The predicted octanol–water partition coefficient (Wildman–Crippen LogP) is 2.82. The van der Waals surface area contributed by atoms with E-state index in [1.807, 2.05) is 31.3 Å². The Hall–Kier alpha value is -1.95. The van der Waals surface area contributed by atoms with Crippen LogP contribution in [-0.4, -0.2) is 27.0 Å². The second-order valence-corrected chi connectivity index (χ2v) is 4.59. The van der Waals surface area contributed by atoms with Crippen LogP contribution in [0.25, 0.3) is 22.7 Å². The van der Waals surface area contributed by atoms with Crippen LogP contribution < -0.4 is 5.32 Å². The van der Waals surface area contributed by atoms with Crippen LogP contribution in [-0.2, 0) is 0 Å². The first-order valence-electron chi connectivity index (χ1n) is 5.43. The van der Waals surface area contributed by atoms with Crippen LogP contribution in [0.2, 0.25) is 0 Å². The third-order valence-corrected chi connectivity index (χ3v) is 3.22. The van der Waals surface area contributed by atoms with Crippen molar-refractivity contribution in [2.45, 2.75) is 0 Å². The van der Waals surface area contributed by atoms with E-state index < -0.39 is 0 Å². The van der Waals surface area contributed by atoms with Gasteiger partial charge < -0.3 is 10.3 Å². The molecule has 6 heteroatoms. The minimum Gasteiger partial charge on any atom is -0.373 e. The van der Waals surface area contributed by atoms with Gasteiger partial charge in [0.2, 0.25) is 0 Å². The zero-order valence-electron chi connectivity index (χ0n) is 9.61. The highest BCUT2D eigenvalue weighted by atomic mass is 79.9. The lowest BCUT2D eigenvalue weighted by Gasteiger charge is -1.97. The van der Waals surface area contributed by atoms with E-state index in [2.05, 4.69) is 41.2 Å². The molecule has 0 unspecified atom stereocenters. The largest absolute Gasteiger partial charge is 0.373 e. The van der Waals surface area contributed by atoms with Crippen LogP contribution in [0.1, 0.15) is 0 Å². The molecule has 18 heavy (non-hydrogen) atoms. The summed E-state index contributed by atoms with van der Waals surface area (Å²) in [7, 11) is 1.83. The maximum atomic E-state index is 4.45. The molecule has 0 bridgehead atoms. The number of hydrogen-bond acceptors (Lipinski definition) is 4. The molecule has 0 saturated heterocycles. The Bertz CT molecular complexity index is 707. The molecule has 0 aliphatic heterocycles. The first kappa shape index (κ1) is 11.2. The van der Waals surface area contributed by atoms with Crippen LogP contribution in [0.3, 0.4) is 0 Å². The molecule has 3 aromatic heterocycles. The Morgan fingerprint density at radius 3 is 2.89 bits per heavy atom. The van der Waals surface area contributed by atoms with Gasteiger partial charge in [-0.1, -0.05) is 0 Å². The molecule has 2 N–H and O–H groups in total. The number of pyridine rings is 2. The van der Waals surface area contributed by atoms with Gasteiger partial charge in [0.1, 0.15) is 11.5 Å². The van der Waals surface area contributed by atoms with Crippen molar-refractivity contribution in [1.82, 2.24) is 19.9 Å². The van der Waals surface area contributed by atoms with Gasteiger partial charge in [0, 0.05) is 17.7 Å². The monoisotopic (exact) mass is 303 g/mol. The number of rotatable bonds is 2. The molecule has 0 radical (unpaired) electrons. The highest BCUT2D eigenvalue weighted by Gasteiger charge is 2.10. The predicted molar refractivity (Wildman–Crippen MR) is 74.4 cm³/mol. The summed E-state index contributed by atoms with van der Waals surface area (Å²) in [6.45, 7) is 0. The maximum absolute atomic E-state index is 4.45. The Kier molecular flexibility index (Phi) is 2.71. The SMILES string of the molecule is CNc1ccc2[nH]c(-c3ncccc3Br)nc2n1. The summed E-state index contributed by atoms with van der Waals surface area (Å²) in [6.07, 6.45) is 1.74. The van der Waals surface area contributed by atoms with Crippen LogP contribution in [0.5, 0.6) is 0 Å². The highest BCUT2D eigenvalue weighted by molar-refractivity contribution is 9.10. The lowest BCUT2D eigenvalue weighted by molar-refractivity contribution is 1.21. The fourth-order valence-electron chi connectivity index (χ4n) is 1.70. The van der Waals surface area contributed by atoms with E-state index in [4.69, 9.17) is 0 Å². The second kappa shape index (κ2) is 4.38. The van der Waals surface area contributed by atoms with Gasteiger partial charge >= 0.3 is 0 Å². The first-order valence-corrected chi connectivity index (χ1v) is 6.22. The number of nitrogens with zero attached hydrogens (tertiary/aromatic N) is 3. The number of H-pyrrole nitrogens is 1. The first-order chi connectivity index (χ1) is 8.78. The van der Waals surface area contributed by atoms with Crippen molar-refractivity contribution < 1.29 is 0 Å². The van der Waals surface area contributed by atoms with E-state index in [0.29, 0.717) is 11.5 Å². The summed E-state index contributed by atoms with van der Waals surface area (Å²) < 4.78 is 0.901. The standard InChI is InChI=1S/C12H10BrN5/c1-14-9-5-4-8-11(17-9)18-12(16-8)10-7(13)3-2-6-15-10/h2-6H,1H3,(H2,14,16,17,18). The van der Waals surface area contributed by atoms with E-state index in [1.54, 1.807) is 6.20 Å². The lowest BCUT2D eigenvalue weighted by Crippen LogP contribution is -1.91. The molecule has 90 valence electrons. The molecule has 0 aliphatic rings. The highest BCUT2D eigenvalue weighted by Crippen LogP contribution is 2.25. The van der Waals surface area contributed by atoms with E-state index in [-0.39, 0.29) is 0 Å². The molecule has 3 aromatic rings. The van der Waals surface area contributed by atoms with Gasteiger partial charge in [0.25, 0.3) is 0 Å². The summed E-state index contributed by atoms with van der Waals surface area (Å²) in [4.78, 5) is 16.3. The van der Waals surface area contributed by atoms with Gasteiger partial charge in [-0.2, -0.15) is 0 Å².